The summed E-state index contributed by atoms with van der Waals surface area (Å²) in [4.78, 5) is 12.5. The van der Waals surface area contributed by atoms with Gasteiger partial charge < -0.3 is 14.9 Å². The molecule has 0 atom stereocenters. The number of hydrogen-bond donors (Lipinski definition) is 1. The van der Waals surface area contributed by atoms with E-state index in [-0.39, 0.29) is 5.43 Å². The summed E-state index contributed by atoms with van der Waals surface area (Å²) in [5.41, 5.74) is 8.79. The van der Waals surface area contributed by atoms with Crippen molar-refractivity contribution in [3.8, 4) is 17.1 Å². The fourth-order valence-electron chi connectivity index (χ4n) is 2.45. The Bertz CT molecular complexity index is 912. The SMILES string of the molecule is CCCOc1cccc2oc(-c3ccc(C)c(N)c3)cc(=O)c12. The molecular formula is C19H19NO3. The van der Waals surface area contributed by atoms with Crippen molar-refractivity contribution in [2.75, 3.05) is 12.3 Å². The average molecular weight is 309 g/mol. The van der Waals surface area contributed by atoms with Crippen LogP contribution in [-0.4, -0.2) is 6.61 Å². The van der Waals surface area contributed by atoms with Gasteiger partial charge in [-0.15, -0.1) is 0 Å². The standard InChI is InChI=1S/C19H19NO3/c1-3-9-22-16-5-4-6-17-19(16)15(21)11-18(23-17)13-8-7-12(2)14(20)10-13/h4-8,10-11H,3,9,20H2,1-2H3. The molecule has 1 heterocycles. The minimum atomic E-state index is -0.118. The first-order chi connectivity index (χ1) is 11.1. The van der Waals surface area contributed by atoms with Crippen LogP contribution in [0.25, 0.3) is 22.3 Å². The lowest BCUT2D eigenvalue weighted by Crippen LogP contribution is -2.05. The molecule has 2 aromatic carbocycles. The summed E-state index contributed by atoms with van der Waals surface area (Å²) in [6, 6.07) is 12.5. The first kappa shape index (κ1) is 15.2. The Kier molecular flexibility index (Phi) is 4.06. The first-order valence-corrected chi connectivity index (χ1v) is 7.66. The van der Waals surface area contributed by atoms with Crippen LogP contribution >= 0.6 is 0 Å². The molecule has 1 aromatic heterocycles. The van der Waals surface area contributed by atoms with Crippen molar-refractivity contribution in [3.63, 3.8) is 0 Å². The number of hydrogen-bond acceptors (Lipinski definition) is 4. The van der Waals surface area contributed by atoms with E-state index in [9.17, 15) is 4.79 Å². The van der Waals surface area contributed by atoms with Crippen LogP contribution in [0.1, 0.15) is 18.9 Å². The highest BCUT2D eigenvalue weighted by Crippen LogP contribution is 2.28. The summed E-state index contributed by atoms with van der Waals surface area (Å²) in [5, 5.41) is 0.477. The van der Waals surface area contributed by atoms with Crippen molar-refractivity contribution >= 4 is 16.7 Å². The van der Waals surface area contributed by atoms with Gasteiger partial charge in [-0.25, -0.2) is 0 Å². The predicted molar refractivity (Wildman–Crippen MR) is 92.9 cm³/mol. The highest BCUT2D eigenvalue weighted by atomic mass is 16.5. The first-order valence-electron chi connectivity index (χ1n) is 7.66. The number of nitrogens with two attached hydrogens (primary N) is 1. The van der Waals surface area contributed by atoms with Gasteiger partial charge in [-0.05, 0) is 37.1 Å². The van der Waals surface area contributed by atoms with Gasteiger partial charge in [-0.2, -0.15) is 0 Å². The zero-order valence-electron chi connectivity index (χ0n) is 13.3. The van der Waals surface area contributed by atoms with Crippen LogP contribution in [0.5, 0.6) is 5.75 Å². The summed E-state index contributed by atoms with van der Waals surface area (Å²) in [5.74, 6) is 1.06. The molecule has 0 unspecified atom stereocenters. The van der Waals surface area contributed by atoms with Gasteiger partial charge in [0.2, 0.25) is 0 Å². The Labute approximate surface area is 134 Å². The molecule has 0 aliphatic heterocycles. The Morgan fingerprint density at radius 1 is 1.17 bits per heavy atom. The maximum absolute atomic E-state index is 12.5. The summed E-state index contributed by atoms with van der Waals surface area (Å²) < 4.78 is 11.6. The van der Waals surface area contributed by atoms with Gasteiger partial charge in [0.05, 0.1) is 6.61 Å². The maximum atomic E-state index is 12.5. The van der Waals surface area contributed by atoms with Gasteiger partial charge in [-0.1, -0.05) is 25.1 Å². The lowest BCUT2D eigenvalue weighted by atomic mass is 10.1. The fraction of sp³-hybridized carbons (Fsp3) is 0.211. The minimum absolute atomic E-state index is 0.118. The molecule has 0 bridgehead atoms. The second-order valence-electron chi connectivity index (χ2n) is 5.52. The minimum Gasteiger partial charge on any atom is -0.493 e. The van der Waals surface area contributed by atoms with Crippen LogP contribution in [0.4, 0.5) is 5.69 Å². The summed E-state index contributed by atoms with van der Waals surface area (Å²) in [6.45, 7) is 4.52. The largest absolute Gasteiger partial charge is 0.493 e. The Balaban J connectivity index is 2.15. The van der Waals surface area contributed by atoms with Crippen molar-refractivity contribution in [1.82, 2.24) is 0 Å². The van der Waals surface area contributed by atoms with Gasteiger partial charge in [0, 0.05) is 17.3 Å². The van der Waals surface area contributed by atoms with Crippen LogP contribution in [0.15, 0.2) is 51.7 Å². The molecule has 0 spiro atoms. The van der Waals surface area contributed by atoms with E-state index in [2.05, 4.69) is 0 Å². The van der Waals surface area contributed by atoms with Gasteiger partial charge in [-0.3, -0.25) is 4.79 Å². The molecule has 4 heteroatoms. The van der Waals surface area contributed by atoms with Crippen molar-refractivity contribution in [1.29, 1.82) is 0 Å². The molecule has 0 amide bonds. The second-order valence-corrected chi connectivity index (χ2v) is 5.52. The fourth-order valence-corrected chi connectivity index (χ4v) is 2.45. The van der Waals surface area contributed by atoms with Crippen molar-refractivity contribution in [2.45, 2.75) is 20.3 Å². The third kappa shape index (κ3) is 2.93. The molecule has 0 fully saturated rings. The van der Waals surface area contributed by atoms with E-state index in [0.29, 0.717) is 34.8 Å². The van der Waals surface area contributed by atoms with Crippen molar-refractivity contribution in [2.24, 2.45) is 0 Å². The van der Waals surface area contributed by atoms with Crippen LogP contribution in [-0.2, 0) is 0 Å². The third-order valence-electron chi connectivity index (χ3n) is 3.74. The Hall–Kier alpha value is -2.75. The van der Waals surface area contributed by atoms with Gasteiger partial charge in [0.15, 0.2) is 5.43 Å². The molecule has 0 saturated heterocycles. The van der Waals surface area contributed by atoms with Crippen LogP contribution in [0, 0.1) is 6.92 Å². The number of nitrogen functional groups attached to an aromatic ring is 1. The molecule has 0 aliphatic carbocycles. The van der Waals surface area contributed by atoms with Crippen LogP contribution < -0.4 is 15.9 Å². The third-order valence-corrected chi connectivity index (χ3v) is 3.74. The van der Waals surface area contributed by atoms with E-state index in [4.69, 9.17) is 14.9 Å². The highest BCUT2D eigenvalue weighted by molar-refractivity contribution is 5.85. The van der Waals surface area contributed by atoms with E-state index in [1.165, 1.54) is 6.07 Å². The maximum Gasteiger partial charge on any atom is 0.197 e. The Morgan fingerprint density at radius 2 is 2.00 bits per heavy atom. The number of anilines is 1. The van der Waals surface area contributed by atoms with E-state index in [1.807, 2.05) is 38.1 Å². The average Bonchev–Trinajstić information content (AvgIpc) is 2.55. The molecule has 118 valence electrons. The van der Waals surface area contributed by atoms with Gasteiger partial charge >= 0.3 is 0 Å². The summed E-state index contributed by atoms with van der Waals surface area (Å²) in [6.07, 6.45) is 0.877. The molecule has 0 aliphatic rings. The molecular weight excluding hydrogens is 290 g/mol. The molecule has 3 aromatic rings. The zero-order valence-corrected chi connectivity index (χ0v) is 13.3. The highest BCUT2D eigenvalue weighted by Gasteiger charge is 2.12. The summed E-state index contributed by atoms with van der Waals surface area (Å²) in [7, 11) is 0. The van der Waals surface area contributed by atoms with E-state index in [1.54, 1.807) is 12.1 Å². The zero-order chi connectivity index (χ0) is 16.4. The lowest BCUT2D eigenvalue weighted by Gasteiger charge is -2.09. The van der Waals surface area contributed by atoms with Gasteiger partial charge in [0.1, 0.15) is 22.5 Å². The normalized spacial score (nSPS) is 10.9. The van der Waals surface area contributed by atoms with Crippen LogP contribution in [0.3, 0.4) is 0 Å². The van der Waals surface area contributed by atoms with Crippen molar-refractivity contribution in [3.05, 3.63) is 58.3 Å². The topological polar surface area (TPSA) is 65.5 Å². The van der Waals surface area contributed by atoms with E-state index in [0.717, 1.165) is 17.5 Å². The molecule has 0 saturated carbocycles. The molecule has 3 rings (SSSR count). The number of fused-ring (bicyclic) bond motifs is 1. The van der Waals surface area contributed by atoms with E-state index >= 15 is 0 Å². The number of rotatable bonds is 4. The lowest BCUT2D eigenvalue weighted by molar-refractivity contribution is 0.320. The van der Waals surface area contributed by atoms with Crippen molar-refractivity contribution < 1.29 is 9.15 Å². The number of ether oxygens (including phenoxy) is 1. The molecule has 23 heavy (non-hydrogen) atoms. The van der Waals surface area contributed by atoms with Crippen LogP contribution in [0.2, 0.25) is 0 Å². The number of benzene rings is 2. The second kappa shape index (κ2) is 6.16. The number of aryl methyl sites for hydroxylation is 1. The van der Waals surface area contributed by atoms with Gasteiger partial charge in [0.25, 0.3) is 0 Å². The Morgan fingerprint density at radius 3 is 2.74 bits per heavy atom. The summed E-state index contributed by atoms with van der Waals surface area (Å²) >= 11 is 0. The monoisotopic (exact) mass is 309 g/mol. The van der Waals surface area contributed by atoms with E-state index < -0.39 is 0 Å². The predicted octanol–water partition coefficient (Wildman–Crippen LogP) is 4.14. The molecule has 2 N–H and O–H groups in total. The molecule has 0 radical (unpaired) electrons. The quantitative estimate of drug-likeness (QED) is 0.736. The molecule has 4 nitrogen and oxygen atoms in total. The smallest absolute Gasteiger partial charge is 0.197 e.